The number of imidazole rings is 1. The van der Waals surface area contributed by atoms with Crippen molar-refractivity contribution < 1.29 is 0 Å². The van der Waals surface area contributed by atoms with Gasteiger partial charge in [-0.1, -0.05) is 13.3 Å². The smallest absolute Gasteiger partial charge is 0.317 e. The Morgan fingerprint density at radius 2 is 2.20 bits per heavy atom. The first kappa shape index (κ1) is 9.70. The number of hydrogen-bond donors (Lipinski definition) is 2. The van der Waals surface area contributed by atoms with Crippen molar-refractivity contribution in [3.8, 4) is 0 Å². The fourth-order valence-electron chi connectivity index (χ4n) is 1.48. The van der Waals surface area contributed by atoms with Crippen LogP contribution in [-0.2, 0) is 6.54 Å². The SMILES string of the molecule is CCCCn1cnc2c(=O)[nH]c(=O)[nH]c21. The molecule has 0 bridgehead atoms. The zero-order chi connectivity index (χ0) is 10.8. The van der Waals surface area contributed by atoms with E-state index in [0.29, 0.717) is 5.65 Å². The Bertz CT molecular complexity index is 578. The molecule has 0 saturated heterocycles. The van der Waals surface area contributed by atoms with Gasteiger partial charge >= 0.3 is 5.69 Å². The summed E-state index contributed by atoms with van der Waals surface area (Å²) in [5.41, 5.74) is -0.155. The molecule has 2 N–H and O–H groups in total. The van der Waals surface area contributed by atoms with Crippen LogP contribution in [0, 0.1) is 0 Å². The summed E-state index contributed by atoms with van der Waals surface area (Å²) in [6.07, 6.45) is 3.61. The molecular weight excluding hydrogens is 196 g/mol. The van der Waals surface area contributed by atoms with Crippen LogP contribution in [-0.4, -0.2) is 19.5 Å². The van der Waals surface area contributed by atoms with Crippen molar-refractivity contribution in [2.24, 2.45) is 0 Å². The minimum Gasteiger partial charge on any atom is -0.317 e. The summed E-state index contributed by atoms with van der Waals surface area (Å²) in [5, 5.41) is 0. The van der Waals surface area contributed by atoms with Crippen LogP contribution in [0.4, 0.5) is 0 Å². The van der Waals surface area contributed by atoms with Crippen molar-refractivity contribution in [3.05, 3.63) is 27.2 Å². The van der Waals surface area contributed by atoms with E-state index in [9.17, 15) is 9.59 Å². The largest absolute Gasteiger partial charge is 0.327 e. The lowest BCUT2D eigenvalue weighted by Gasteiger charge is -2.00. The number of nitrogens with one attached hydrogen (secondary N) is 2. The summed E-state index contributed by atoms with van der Waals surface area (Å²) in [7, 11) is 0. The highest BCUT2D eigenvalue weighted by molar-refractivity contribution is 5.68. The van der Waals surface area contributed by atoms with E-state index in [2.05, 4.69) is 21.9 Å². The molecule has 6 heteroatoms. The zero-order valence-electron chi connectivity index (χ0n) is 8.41. The van der Waals surface area contributed by atoms with E-state index in [-0.39, 0.29) is 5.52 Å². The molecule has 2 rings (SSSR count). The van der Waals surface area contributed by atoms with Crippen LogP contribution in [0.5, 0.6) is 0 Å². The second-order valence-electron chi connectivity index (χ2n) is 3.40. The van der Waals surface area contributed by atoms with E-state index in [4.69, 9.17) is 0 Å². The summed E-state index contributed by atoms with van der Waals surface area (Å²) in [5.74, 6) is 0. The monoisotopic (exact) mass is 208 g/mol. The minimum absolute atomic E-state index is 0.283. The Balaban J connectivity index is 2.58. The number of H-pyrrole nitrogens is 2. The molecule has 0 aromatic carbocycles. The Kier molecular flexibility index (Phi) is 2.40. The van der Waals surface area contributed by atoms with Gasteiger partial charge in [-0.3, -0.25) is 14.8 Å². The van der Waals surface area contributed by atoms with Crippen LogP contribution in [0.15, 0.2) is 15.9 Å². The molecule has 2 aromatic rings. The van der Waals surface area contributed by atoms with E-state index < -0.39 is 11.2 Å². The molecule has 0 spiro atoms. The highest BCUT2D eigenvalue weighted by Gasteiger charge is 2.06. The summed E-state index contributed by atoms with van der Waals surface area (Å²) < 4.78 is 1.79. The van der Waals surface area contributed by atoms with Crippen molar-refractivity contribution in [1.29, 1.82) is 0 Å². The molecule has 0 aliphatic rings. The number of rotatable bonds is 3. The summed E-state index contributed by atoms with van der Waals surface area (Å²) in [6, 6.07) is 0. The first-order valence-electron chi connectivity index (χ1n) is 4.90. The predicted molar refractivity (Wildman–Crippen MR) is 55.9 cm³/mol. The Morgan fingerprint density at radius 1 is 1.40 bits per heavy atom. The van der Waals surface area contributed by atoms with Crippen molar-refractivity contribution in [1.82, 2.24) is 19.5 Å². The van der Waals surface area contributed by atoms with Gasteiger partial charge in [0.05, 0.1) is 6.33 Å². The number of aryl methyl sites for hydroxylation is 1. The number of hydrogen-bond acceptors (Lipinski definition) is 3. The summed E-state index contributed by atoms with van der Waals surface area (Å²) in [6.45, 7) is 2.83. The fraction of sp³-hybridized carbons (Fsp3) is 0.444. The molecule has 0 fully saturated rings. The standard InChI is InChI=1S/C9H12N4O2/c1-2-3-4-13-5-10-6-7(13)11-9(15)12-8(6)14/h5H,2-4H2,1H3,(H2,11,12,14,15). The van der Waals surface area contributed by atoms with Crippen molar-refractivity contribution in [2.75, 3.05) is 0 Å². The summed E-state index contributed by atoms with van der Waals surface area (Å²) >= 11 is 0. The average molecular weight is 208 g/mol. The second kappa shape index (κ2) is 3.72. The highest BCUT2D eigenvalue weighted by Crippen LogP contribution is 2.04. The molecule has 80 valence electrons. The van der Waals surface area contributed by atoms with Crippen molar-refractivity contribution in [3.63, 3.8) is 0 Å². The van der Waals surface area contributed by atoms with Crippen LogP contribution in [0.2, 0.25) is 0 Å². The highest BCUT2D eigenvalue weighted by atomic mass is 16.2. The number of aromatic nitrogens is 4. The molecule has 2 aromatic heterocycles. The van der Waals surface area contributed by atoms with Crippen molar-refractivity contribution >= 4 is 11.2 Å². The maximum atomic E-state index is 11.3. The second-order valence-corrected chi connectivity index (χ2v) is 3.40. The molecule has 6 nitrogen and oxygen atoms in total. The van der Waals surface area contributed by atoms with Crippen LogP contribution in [0.25, 0.3) is 11.2 Å². The van der Waals surface area contributed by atoms with Crippen LogP contribution >= 0.6 is 0 Å². The third-order valence-corrected chi connectivity index (χ3v) is 2.26. The molecule has 0 aliphatic heterocycles. The first-order chi connectivity index (χ1) is 7.22. The van der Waals surface area contributed by atoms with Gasteiger partial charge < -0.3 is 4.57 Å². The third-order valence-electron chi connectivity index (χ3n) is 2.26. The lowest BCUT2D eigenvalue weighted by Crippen LogP contribution is -2.22. The zero-order valence-corrected chi connectivity index (χ0v) is 8.41. The Morgan fingerprint density at radius 3 is 2.93 bits per heavy atom. The normalized spacial score (nSPS) is 11.0. The molecule has 0 unspecified atom stereocenters. The minimum atomic E-state index is -0.495. The van der Waals surface area contributed by atoms with Crippen LogP contribution < -0.4 is 11.2 Å². The number of fused-ring (bicyclic) bond motifs is 1. The fourth-order valence-corrected chi connectivity index (χ4v) is 1.48. The third kappa shape index (κ3) is 1.70. The Hall–Kier alpha value is -1.85. The molecule has 0 radical (unpaired) electrons. The number of aromatic amines is 2. The Labute approximate surface area is 85.0 Å². The molecule has 2 heterocycles. The quantitative estimate of drug-likeness (QED) is 0.756. The van der Waals surface area contributed by atoms with Crippen LogP contribution in [0.1, 0.15) is 19.8 Å². The molecular formula is C9H12N4O2. The van der Waals surface area contributed by atoms with Gasteiger partial charge in [0.1, 0.15) is 5.65 Å². The maximum Gasteiger partial charge on any atom is 0.327 e. The number of nitrogens with zero attached hydrogens (tertiary/aromatic N) is 2. The lowest BCUT2D eigenvalue weighted by atomic mass is 10.3. The molecule has 0 aliphatic carbocycles. The molecule has 0 amide bonds. The van der Waals surface area contributed by atoms with Gasteiger partial charge in [0, 0.05) is 6.54 Å². The van der Waals surface area contributed by atoms with Gasteiger partial charge in [0.15, 0.2) is 5.52 Å². The van der Waals surface area contributed by atoms with Crippen molar-refractivity contribution in [2.45, 2.75) is 26.3 Å². The molecule has 0 saturated carbocycles. The lowest BCUT2D eigenvalue weighted by molar-refractivity contribution is 0.641. The van der Waals surface area contributed by atoms with E-state index >= 15 is 0 Å². The van der Waals surface area contributed by atoms with Gasteiger partial charge in [-0.05, 0) is 6.42 Å². The van der Waals surface area contributed by atoms with E-state index in [1.807, 2.05) is 0 Å². The van der Waals surface area contributed by atoms with Gasteiger partial charge in [-0.15, -0.1) is 0 Å². The van der Waals surface area contributed by atoms with E-state index in [1.54, 1.807) is 10.9 Å². The van der Waals surface area contributed by atoms with E-state index in [0.717, 1.165) is 19.4 Å². The average Bonchev–Trinajstić information content (AvgIpc) is 2.58. The van der Waals surface area contributed by atoms with Gasteiger partial charge in [-0.25, -0.2) is 9.78 Å². The van der Waals surface area contributed by atoms with Crippen LogP contribution in [0.3, 0.4) is 0 Å². The topological polar surface area (TPSA) is 83.5 Å². The first-order valence-corrected chi connectivity index (χ1v) is 4.90. The number of unbranched alkanes of at least 4 members (excludes halogenated alkanes) is 1. The molecule has 15 heavy (non-hydrogen) atoms. The maximum absolute atomic E-state index is 11.3. The van der Waals surface area contributed by atoms with Gasteiger partial charge in [0.2, 0.25) is 0 Å². The molecule has 0 atom stereocenters. The summed E-state index contributed by atoms with van der Waals surface area (Å²) in [4.78, 5) is 31.1. The van der Waals surface area contributed by atoms with Gasteiger partial charge in [-0.2, -0.15) is 0 Å². The predicted octanol–water partition coefficient (Wildman–Crippen LogP) is 0.213. The van der Waals surface area contributed by atoms with Gasteiger partial charge in [0.25, 0.3) is 5.56 Å². The van der Waals surface area contributed by atoms with E-state index in [1.165, 1.54) is 0 Å².